The zero-order valence-electron chi connectivity index (χ0n) is 4.18. The molecule has 0 heterocycles. The molecule has 5 N–H and O–H groups in total. The fraction of sp³-hybridized carbons (Fsp3) is 0. The summed E-state index contributed by atoms with van der Waals surface area (Å²) in [6.07, 6.45) is 0. The molecule has 0 aromatic carbocycles. The largest absolute Gasteiger partial charge is 0.354 e. The first kappa shape index (κ1) is 8.14. The number of hydrogen-bond donors (Lipinski definition) is 3. The summed E-state index contributed by atoms with van der Waals surface area (Å²) < 4.78 is 19.1. The number of hydrogen-bond acceptors (Lipinski definition) is 4. The average Bonchev–Trinajstić information content (AvgIpc) is 1.62. The van der Waals surface area contributed by atoms with Crippen LogP contribution < -0.4 is 10.9 Å². The van der Waals surface area contributed by atoms with Gasteiger partial charge in [-0.1, -0.05) is 4.47 Å². The molecular formula is CH5N3O4S. The highest BCUT2D eigenvalue weighted by Crippen LogP contribution is 1.84. The topological polar surface area (TPSA) is 127 Å². The molecule has 0 saturated carbocycles. The number of nitrogens with zero attached hydrogens (tertiary/aromatic N) is 1. The molecular weight excluding hydrogens is 150 g/mol. The highest BCUT2D eigenvalue weighted by Gasteiger charge is 2.17. The Morgan fingerprint density at radius 3 is 1.89 bits per heavy atom. The number of carbonyl (C=O) groups excluding carboxylic acids is 1. The molecule has 8 heteroatoms. The van der Waals surface area contributed by atoms with Gasteiger partial charge in [0.2, 0.25) is 0 Å². The zero-order valence-corrected chi connectivity index (χ0v) is 5.00. The molecule has 0 aliphatic heterocycles. The van der Waals surface area contributed by atoms with Gasteiger partial charge in [-0.25, -0.2) is 9.93 Å². The SMILES string of the molecule is NC(=O)N(O)S(N)(=O)=O. The van der Waals surface area contributed by atoms with E-state index in [9.17, 15) is 13.2 Å². The van der Waals surface area contributed by atoms with Crippen molar-refractivity contribution in [1.82, 2.24) is 4.47 Å². The van der Waals surface area contributed by atoms with E-state index in [2.05, 4.69) is 10.9 Å². The molecule has 0 aliphatic rings. The zero-order chi connectivity index (χ0) is 7.65. The van der Waals surface area contributed by atoms with Crippen LogP contribution >= 0.6 is 0 Å². The van der Waals surface area contributed by atoms with E-state index in [4.69, 9.17) is 5.21 Å². The van der Waals surface area contributed by atoms with E-state index in [1.54, 1.807) is 0 Å². The molecule has 0 bridgehead atoms. The van der Waals surface area contributed by atoms with Crippen LogP contribution in [0.3, 0.4) is 0 Å². The molecule has 0 rings (SSSR count). The van der Waals surface area contributed by atoms with E-state index in [1.807, 2.05) is 0 Å². The van der Waals surface area contributed by atoms with Crippen LogP contribution in [-0.2, 0) is 10.2 Å². The molecule has 0 aromatic heterocycles. The first-order valence-corrected chi connectivity index (χ1v) is 3.17. The van der Waals surface area contributed by atoms with Gasteiger partial charge in [-0.05, 0) is 0 Å². The summed E-state index contributed by atoms with van der Waals surface area (Å²) in [6.45, 7) is 0. The number of primary amides is 1. The lowest BCUT2D eigenvalue weighted by Crippen LogP contribution is -2.41. The third-order valence-corrected chi connectivity index (χ3v) is 1.09. The number of urea groups is 1. The Balaban J connectivity index is 4.43. The second-order valence-corrected chi connectivity index (χ2v) is 2.50. The van der Waals surface area contributed by atoms with Gasteiger partial charge in [-0.2, -0.15) is 8.42 Å². The molecule has 0 saturated heterocycles. The summed E-state index contributed by atoms with van der Waals surface area (Å²) in [5.41, 5.74) is 4.30. The molecule has 0 unspecified atom stereocenters. The molecule has 7 nitrogen and oxygen atoms in total. The van der Waals surface area contributed by atoms with Crippen LogP contribution in [0.5, 0.6) is 0 Å². The Morgan fingerprint density at radius 2 is 1.89 bits per heavy atom. The molecule has 54 valence electrons. The third kappa shape index (κ3) is 2.26. The summed E-state index contributed by atoms with van der Waals surface area (Å²) in [7, 11) is -4.39. The maximum absolute atomic E-state index is 9.93. The molecule has 2 amide bonds. The number of amides is 2. The summed E-state index contributed by atoms with van der Waals surface area (Å²) in [5.74, 6) is 0. The van der Waals surface area contributed by atoms with Crippen molar-refractivity contribution in [3.8, 4) is 0 Å². The van der Waals surface area contributed by atoms with Gasteiger partial charge in [-0.15, -0.1) is 0 Å². The van der Waals surface area contributed by atoms with Crippen molar-refractivity contribution in [2.75, 3.05) is 0 Å². The van der Waals surface area contributed by atoms with Crippen LogP contribution in [0.2, 0.25) is 0 Å². The van der Waals surface area contributed by atoms with Crippen LogP contribution in [0.4, 0.5) is 4.79 Å². The van der Waals surface area contributed by atoms with Crippen molar-refractivity contribution < 1.29 is 18.4 Å². The Labute approximate surface area is 51.0 Å². The van der Waals surface area contributed by atoms with Crippen molar-refractivity contribution in [3.05, 3.63) is 0 Å². The third-order valence-electron chi connectivity index (χ3n) is 0.430. The summed E-state index contributed by atoms with van der Waals surface area (Å²) in [6, 6.07) is -1.54. The van der Waals surface area contributed by atoms with E-state index in [0.29, 0.717) is 0 Å². The predicted octanol–water partition coefficient (Wildman–Crippen LogP) is -2.04. The fourth-order valence-electron chi connectivity index (χ4n) is 0.125. The molecule has 0 radical (unpaired) electrons. The van der Waals surface area contributed by atoms with Gasteiger partial charge in [0.25, 0.3) is 0 Å². The highest BCUT2D eigenvalue weighted by molar-refractivity contribution is 7.87. The van der Waals surface area contributed by atoms with Gasteiger partial charge in [0.05, 0.1) is 0 Å². The lowest BCUT2D eigenvalue weighted by atomic mass is 11.2. The van der Waals surface area contributed by atoms with Gasteiger partial charge in [0.15, 0.2) is 0 Å². The minimum absolute atomic E-state index is 0.757. The van der Waals surface area contributed by atoms with Crippen LogP contribution in [0, 0.1) is 0 Å². The van der Waals surface area contributed by atoms with Crippen molar-refractivity contribution >= 4 is 16.2 Å². The van der Waals surface area contributed by atoms with Crippen LogP contribution in [-0.4, -0.2) is 24.1 Å². The molecule has 0 spiro atoms. The second kappa shape index (κ2) is 2.17. The second-order valence-electron chi connectivity index (χ2n) is 1.13. The van der Waals surface area contributed by atoms with Crippen molar-refractivity contribution in [2.24, 2.45) is 10.9 Å². The van der Waals surface area contributed by atoms with Gasteiger partial charge in [0.1, 0.15) is 0 Å². The maximum Gasteiger partial charge on any atom is 0.354 e. The Hall–Kier alpha value is -0.860. The minimum Gasteiger partial charge on any atom is -0.349 e. The number of hydroxylamine groups is 1. The summed E-state index contributed by atoms with van der Waals surface area (Å²) in [4.78, 5) is 9.78. The highest BCUT2D eigenvalue weighted by atomic mass is 32.2. The van der Waals surface area contributed by atoms with Crippen LogP contribution in [0.15, 0.2) is 0 Å². The monoisotopic (exact) mass is 155 g/mol. The van der Waals surface area contributed by atoms with Crippen LogP contribution in [0.25, 0.3) is 0 Å². The lowest BCUT2D eigenvalue weighted by molar-refractivity contribution is 0.0457. The number of rotatable bonds is 1. The Bertz CT molecular complexity index is 206. The molecule has 0 fully saturated rings. The van der Waals surface area contributed by atoms with E-state index < -0.39 is 20.7 Å². The van der Waals surface area contributed by atoms with Gasteiger partial charge >= 0.3 is 16.2 Å². The first-order valence-electron chi connectivity index (χ1n) is 1.67. The predicted molar refractivity (Wildman–Crippen MR) is 26.3 cm³/mol. The first-order chi connectivity index (χ1) is 3.85. The fourth-order valence-corrected chi connectivity index (χ4v) is 0.376. The lowest BCUT2D eigenvalue weighted by Gasteiger charge is -2.05. The summed E-state index contributed by atoms with van der Waals surface area (Å²) in [5, 5.41) is 12.3. The Morgan fingerprint density at radius 1 is 1.56 bits per heavy atom. The van der Waals surface area contributed by atoms with Crippen molar-refractivity contribution in [3.63, 3.8) is 0 Å². The minimum atomic E-state index is -4.39. The standard InChI is InChI=1S/CH5N3O4S/c2-1(5)4(6)9(3,7)8/h6H,(H2,2,5)(H2,3,7,8). The normalized spacial score (nSPS) is 10.9. The quantitative estimate of drug-likeness (QED) is 0.297. The van der Waals surface area contributed by atoms with E-state index in [-0.39, 0.29) is 0 Å². The van der Waals surface area contributed by atoms with E-state index in [0.717, 1.165) is 0 Å². The maximum atomic E-state index is 9.93. The van der Waals surface area contributed by atoms with Gasteiger partial charge < -0.3 is 5.73 Å². The van der Waals surface area contributed by atoms with Crippen molar-refractivity contribution in [1.29, 1.82) is 0 Å². The van der Waals surface area contributed by atoms with Gasteiger partial charge in [0, 0.05) is 0 Å². The van der Waals surface area contributed by atoms with E-state index in [1.165, 1.54) is 0 Å². The molecule has 0 aromatic rings. The smallest absolute Gasteiger partial charge is 0.349 e. The summed E-state index contributed by atoms with van der Waals surface area (Å²) >= 11 is 0. The van der Waals surface area contributed by atoms with Gasteiger partial charge in [-0.3, -0.25) is 5.21 Å². The molecule has 0 aliphatic carbocycles. The number of carbonyl (C=O) groups is 1. The van der Waals surface area contributed by atoms with E-state index >= 15 is 0 Å². The number of nitrogens with two attached hydrogens (primary N) is 2. The van der Waals surface area contributed by atoms with Crippen molar-refractivity contribution in [2.45, 2.75) is 0 Å². The Kier molecular flexibility index (Phi) is 1.96. The molecule has 0 atom stereocenters. The molecule has 9 heavy (non-hydrogen) atoms. The average molecular weight is 155 g/mol. The van der Waals surface area contributed by atoms with Crippen LogP contribution in [0.1, 0.15) is 0 Å².